The summed E-state index contributed by atoms with van der Waals surface area (Å²) in [6, 6.07) is 2.13. The zero-order valence-corrected chi connectivity index (χ0v) is 14.2. The molecule has 1 aromatic rings. The summed E-state index contributed by atoms with van der Waals surface area (Å²) in [7, 11) is 1.85. The Morgan fingerprint density at radius 2 is 2.14 bits per heavy atom. The zero-order chi connectivity index (χ0) is 15.6. The normalized spacial score (nSPS) is 20.0. The number of aromatic nitrogens is 2. The number of guanidine groups is 1. The highest BCUT2D eigenvalue weighted by Gasteiger charge is 2.53. The molecule has 0 radical (unpaired) electrons. The van der Waals surface area contributed by atoms with E-state index in [1.54, 1.807) is 0 Å². The third kappa shape index (κ3) is 3.62. The highest BCUT2D eigenvalue weighted by molar-refractivity contribution is 5.79. The van der Waals surface area contributed by atoms with Crippen molar-refractivity contribution >= 4 is 5.96 Å². The fraction of sp³-hybridized carbons (Fsp3) is 0.765. The lowest BCUT2D eigenvalue weighted by Gasteiger charge is -2.18. The first kappa shape index (κ1) is 15.4. The van der Waals surface area contributed by atoms with Gasteiger partial charge < -0.3 is 10.6 Å². The molecule has 1 heterocycles. The number of hydrogen-bond acceptors (Lipinski definition) is 2. The second kappa shape index (κ2) is 6.31. The van der Waals surface area contributed by atoms with E-state index in [-0.39, 0.29) is 0 Å². The number of hydrogen-bond donors (Lipinski definition) is 2. The van der Waals surface area contributed by atoms with E-state index in [0.29, 0.717) is 5.41 Å². The molecule has 3 rings (SSSR count). The number of rotatable bonds is 7. The van der Waals surface area contributed by atoms with Crippen molar-refractivity contribution in [2.24, 2.45) is 16.3 Å². The summed E-state index contributed by atoms with van der Waals surface area (Å²) in [6.45, 7) is 7.13. The molecule has 0 aliphatic heterocycles. The van der Waals surface area contributed by atoms with E-state index >= 15 is 0 Å². The minimum Gasteiger partial charge on any atom is -0.356 e. The van der Waals surface area contributed by atoms with E-state index in [4.69, 9.17) is 0 Å². The van der Waals surface area contributed by atoms with Gasteiger partial charge in [0.05, 0.1) is 5.69 Å². The van der Waals surface area contributed by atoms with Crippen LogP contribution < -0.4 is 10.6 Å². The van der Waals surface area contributed by atoms with E-state index in [1.807, 2.05) is 14.0 Å². The Kier molecular flexibility index (Phi) is 4.41. The predicted molar refractivity (Wildman–Crippen MR) is 90.1 cm³/mol. The van der Waals surface area contributed by atoms with Crippen molar-refractivity contribution in [2.75, 3.05) is 20.1 Å². The molecule has 2 fully saturated rings. The Labute approximate surface area is 133 Å². The number of nitrogens with one attached hydrogen (secondary N) is 2. The van der Waals surface area contributed by atoms with E-state index in [2.05, 4.69) is 38.4 Å². The molecule has 2 saturated carbocycles. The van der Waals surface area contributed by atoms with Crippen molar-refractivity contribution in [1.82, 2.24) is 20.4 Å². The van der Waals surface area contributed by atoms with Gasteiger partial charge in [-0.3, -0.25) is 9.67 Å². The monoisotopic (exact) mass is 303 g/mol. The number of nitrogens with zero attached hydrogens (tertiary/aromatic N) is 3. The Morgan fingerprint density at radius 1 is 1.36 bits per heavy atom. The minimum absolute atomic E-state index is 0.612. The lowest BCUT2D eigenvalue weighted by atomic mass is 10.0. The van der Waals surface area contributed by atoms with Crippen LogP contribution in [-0.2, 0) is 6.54 Å². The fourth-order valence-electron chi connectivity index (χ4n) is 3.40. The average Bonchev–Trinajstić information content (AvgIpc) is 3.37. The first-order chi connectivity index (χ1) is 10.6. The van der Waals surface area contributed by atoms with Crippen molar-refractivity contribution in [1.29, 1.82) is 0 Å². The molecule has 2 aliphatic rings. The smallest absolute Gasteiger partial charge is 0.190 e. The maximum atomic E-state index is 4.49. The van der Waals surface area contributed by atoms with Crippen LogP contribution in [0.5, 0.6) is 0 Å². The van der Waals surface area contributed by atoms with E-state index in [9.17, 15) is 0 Å². The topological polar surface area (TPSA) is 54.2 Å². The maximum absolute atomic E-state index is 4.49. The lowest BCUT2D eigenvalue weighted by Crippen LogP contribution is -2.41. The Balaban J connectivity index is 1.35. The zero-order valence-electron chi connectivity index (χ0n) is 14.2. The van der Waals surface area contributed by atoms with Crippen LogP contribution in [0.15, 0.2) is 11.1 Å². The predicted octanol–water partition coefficient (Wildman–Crippen LogP) is 2.25. The first-order valence-corrected chi connectivity index (χ1v) is 8.58. The molecule has 0 atom stereocenters. The molecule has 0 spiro atoms. The van der Waals surface area contributed by atoms with Gasteiger partial charge in [0, 0.05) is 32.4 Å². The molecule has 5 nitrogen and oxygen atoms in total. The Bertz CT molecular complexity index is 537. The van der Waals surface area contributed by atoms with Crippen LogP contribution in [0.1, 0.15) is 43.5 Å². The van der Waals surface area contributed by atoms with Crippen LogP contribution in [0, 0.1) is 25.2 Å². The molecule has 0 saturated heterocycles. The quantitative estimate of drug-likeness (QED) is 0.461. The van der Waals surface area contributed by atoms with Gasteiger partial charge in [-0.05, 0) is 63.4 Å². The summed E-state index contributed by atoms with van der Waals surface area (Å²) in [5, 5.41) is 11.4. The Morgan fingerprint density at radius 3 is 2.68 bits per heavy atom. The lowest BCUT2D eigenvalue weighted by molar-refractivity contribution is 0.431. The summed E-state index contributed by atoms with van der Waals surface area (Å²) in [6.07, 6.45) is 6.74. The second-order valence-corrected chi connectivity index (χ2v) is 6.99. The highest BCUT2D eigenvalue weighted by atomic mass is 15.3. The van der Waals surface area contributed by atoms with E-state index < -0.39 is 0 Å². The van der Waals surface area contributed by atoms with Gasteiger partial charge in [0.1, 0.15) is 0 Å². The van der Waals surface area contributed by atoms with Gasteiger partial charge in [-0.25, -0.2) is 0 Å². The molecule has 1 aromatic heterocycles. The van der Waals surface area contributed by atoms with Crippen LogP contribution in [0.4, 0.5) is 0 Å². The second-order valence-electron chi connectivity index (χ2n) is 6.99. The van der Waals surface area contributed by atoms with Gasteiger partial charge in [-0.15, -0.1) is 0 Å². The van der Waals surface area contributed by atoms with Crippen LogP contribution in [0.3, 0.4) is 0 Å². The fourth-order valence-corrected chi connectivity index (χ4v) is 3.40. The molecule has 2 N–H and O–H groups in total. The number of aryl methyl sites for hydroxylation is 3. The molecule has 22 heavy (non-hydrogen) atoms. The van der Waals surface area contributed by atoms with Crippen molar-refractivity contribution < 1.29 is 0 Å². The van der Waals surface area contributed by atoms with Crippen LogP contribution in [0.25, 0.3) is 0 Å². The van der Waals surface area contributed by atoms with Gasteiger partial charge in [-0.2, -0.15) is 5.10 Å². The largest absolute Gasteiger partial charge is 0.356 e. The summed E-state index contributed by atoms with van der Waals surface area (Å²) in [5.41, 5.74) is 2.94. The molecular formula is C17H29N5. The van der Waals surface area contributed by atoms with Gasteiger partial charge in [0.2, 0.25) is 0 Å². The highest BCUT2D eigenvalue weighted by Crippen LogP contribution is 2.60. The molecule has 0 amide bonds. The number of aliphatic imine (C=N–C) groups is 1. The van der Waals surface area contributed by atoms with E-state index in [1.165, 1.54) is 31.4 Å². The average molecular weight is 303 g/mol. The van der Waals surface area contributed by atoms with Crippen molar-refractivity contribution in [2.45, 2.75) is 52.5 Å². The standard InChI is InChI=1S/C17H29N5/c1-13-11-14(2)22(21-13)10-4-9-19-16(18-3)20-12-17(7-8-17)15-5-6-15/h11,15H,4-10,12H2,1-3H3,(H2,18,19,20). The third-order valence-corrected chi connectivity index (χ3v) is 5.11. The third-order valence-electron chi connectivity index (χ3n) is 5.11. The van der Waals surface area contributed by atoms with E-state index in [0.717, 1.165) is 43.6 Å². The van der Waals surface area contributed by atoms with Crippen molar-refractivity contribution in [3.63, 3.8) is 0 Å². The van der Waals surface area contributed by atoms with Gasteiger partial charge >= 0.3 is 0 Å². The summed E-state index contributed by atoms with van der Waals surface area (Å²) >= 11 is 0. The van der Waals surface area contributed by atoms with Crippen molar-refractivity contribution in [3.05, 3.63) is 17.5 Å². The SMILES string of the molecule is CN=C(NCCCn1nc(C)cc1C)NCC1(C2CC2)CC1. The molecule has 122 valence electrons. The Hall–Kier alpha value is -1.52. The van der Waals surface area contributed by atoms with Crippen LogP contribution >= 0.6 is 0 Å². The minimum atomic E-state index is 0.612. The van der Waals surface area contributed by atoms with Crippen LogP contribution in [-0.4, -0.2) is 35.9 Å². The van der Waals surface area contributed by atoms with Gasteiger partial charge in [0.15, 0.2) is 5.96 Å². The molecule has 5 heteroatoms. The summed E-state index contributed by atoms with van der Waals surface area (Å²) in [4.78, 5) is 4.34. The molecule has 0 aromatic carbocycles. The molecule has 2 aliphatic carbocycles. The summed E-state index contributed by atoms with van der Waals surface area (Å²) in [5.74, 6) is 1.93. The molecule has 0 bridgehead atoms. The van der Waals surface area contributed by atoms with Gasteiger partial charge in [-0.1, -0.05) is 0 Å². The summed E-state index contributed by atoms with van der Waals surface area (Å²) < 4.78 is 2.08. The first-order valence-electron chi connectivity index (χ1n) is 8.58. The van der Waals surface area contributed by atoms with Crippen LogP contribution in [0.2, 0.25) is 0 Å². The van der Waals surface area contributed by atoms with Crippen molar-refractivity contribution in [3.8, 4) is 0 Å². The maximum Gasteiger partial charge on any atom is 0.190 e. The molecular weight excluding hydrogens is 274 g/mol. The molecule has 0 unspecified atom stereocenters. The van der Waals surface area contributed by atoms with Gasteiger partial charge in [0.25, 0.3) is 0 Å².